The SMILES string of the molecule is CCCC(=O)c1cc(C(=O)CCC)c2c(c1)N(CCCS(=O)(=O)O)C(=CC=CC=CC1=[N+](CCCCCC(=O)O)c3cc(C(=O)CCCS(=O)(=O)O)cc(C(=O)CCCCS(=O)(=O)O)c3C1(C)C)C2(C)C. The number of benzene rings is 2. The number of fused-ring (bicyclic) bond motifs is 2. The van der Waals surface area contributed by atoms with Crippen LogP contribution in [0.25, 0.3) is 0 Å². The summed E-state index contributed by atoms with van der Waals surface area (Å²) in [6, 6.07) is 6.51. The molecule has 20 heteroatoms. The first-order valence-electron chi connectivity index (χ1n) is 24.1. The van der Waals surface area contributed by atoms with Crippen LogP contribution in [-0.4, -0.2) is 114 Å². The number of Topliss-reactive ketones (excluding diaryl/α,β-unsaturated/α-hetero) is 4. The molecule has 0 bridgehead atoms. The Bertz CT molecular complexity index is 2850. The van der Waals surface area contributed by atoms with E-state index in [0.717, 1.165) is 0 Å². The average Bonchev–Trinajstić information content (AvgIpc) is 3.60. The van der Waals surface area contributed by atoms with E-state index < -0.39 is 76.0 Å². The third-order valence-corrected chi connectivity index (χ3v) is 15.2. The Labute approximate surface area is 418 Å². The molecular weight excluding hydrogens is 977 g/mol. The number of carboxylic acid groups (broad SMARTS) is 1. The van der Waals surface area contributed by atoms with Crippen molar-refractivity contribution in [3.8, 4) is 0 Å². The number of carboxylic acids is 1. The molecule has 0 saturated heterocycles. The lowest BCUT2D eigenvalue weighted by Crippen LogP contribution is -2.29. The van der Waals surface area contributed by atoms with Gasteiger partial charge in [0.05, 0.1) is 28.2 Å². The highest BCUT2D eigenvalue weighted by atomic mass is 32.2. The van der Waals surface area contributed by atoms with Gasteiger partial charge in [0.2, 0.25) is 5.69 Å². The number of aliphatic carboxylic acids is 1. The Balaban J connectivity index is 1.87. The fourth-order valence-corrected chi connectivity index (χ4v) is 11.1. The third-order valence-electron chi connectivity index (χ3n) is 12.8. The van der Waals surface area contributed by atoms with Crippen LogP contribution >= 0.6 is 0 Å². The molecular formula is C51H69N2O15S3+. The zero-order valence-electron chi connectivity index (χ0n) is 41.5. The maximum atomic E-state index is 14.1. The summed E-state index contributed by atoms with van der Waals surface area (Å²) in [7, 11) is -12.9. The maximum Gasteiger partial charge on any atom is 0.303 e. The van der Waals surface area contributed by atoms with E-state index in [2.05, 4.69) is 0 Å². The van der Waals surface area contributed by atoms with Crippen molar-refractivity contribution in [2.24, 2.45) is 0 Å². The highest BCUT2D eigenvalue weighted by Gasteiger charge is 2.48. The van der Waals surface area contributed by atoms with Crippen molar-refractivity contribution in [2.45, 2.75) is 142 Å². The van der Waals surface area contributed by atoms with Gasteiger partial charge in [-0.25, -0.2) is 0 Å². The quantitative estimate of drug-likeness (QED) is 0.0187. The summed E-state index contributed by atoms with van der Waals surface area (Å²) in [4.78, 5) is 68.1. The van der Waals surface area contributed by atoms with Crippen LogP contribution < -0.4 is 4.90 Å². The molecule has 2 aliphatic heterocycles. The monoisotopic (exact) mass is 1050 g/mol. The predicted molar refractivity (Wildman–Crippen MR) is 273 cm³/mol. The van der Waals surface area contributed by atoms with Gasteiger partial charge < -0.3 is 10.0 Å². The van der Waals surface area contributed by atoms with Crippen molar-refractivity contribution in [2.75, 3.05) is 35.2 Å². The standard InChI is InChI=1S/C51H68N2O15S3/c1-7-19-41(54)35-31-37(43(56)20-8-2)48-40(33-35)53(27-18-30-71(66,67)68)46(51(48,5)6)24-12-9-11-23-45-50(3,4)49-38(44(57)21-14-16-28-69(60,61)62)32-36(42(55)22-17-29-70(63,64)65)34-39(49)52(45)26-15-10-13-25-47(58)59/h9,11-12,23-24,31-34H,7-8,10,13-22,25-30H2,1-6H3,(H3-,58,59,60,61,62,63,64,65,66,67,68)/p+1. The molecule has 0 radical (unpaired) electrons. The van der Waals surface area contributed by atoms with Gasteiger partial charge in [0.15, 0.2) is 28.8 Å². The van der Waals surface area contributed by atoms with E-state index in [0.29, 0.717) is 83.7 Å². The first-order valence-corrected chi connectivity index (χ1v) is 28.9. The molecule has 0 unspecified atom stereocenters. The average molecular weight is 1050 g/mol. The molecule has 0 saturated carbocycles. The molecule has 390 valence electrons. The molecule has 0 aliphatic carbocycles. The number of carbonyl (C=O) groups is 5. The molecule has 0 aromatic heterocycles. The van der Waals surface area contributed by atoms with Gasteiger partial charge in [0, 0.05) is 96.3 Å². The minimum atomic E-state index is -4.36. The summed E-state index contributed by atoms with van der Waals surface area (Å²) >= 11 is 0. The highest BCUT2D eigenvalue weighted by Crippen LogP contribution is 2.50. The number of unbranched alkanes of at least 4 members (excludes halogenated alkanes) is 3. The summed E-state index contributed by atoms with van der Waals surface area (Å²) in [6.45, 7) is 12.0. The zero-order valence-corrected chi connectivity index (χ0v) is 44.0. The minimum absolute atomic E-state index is 0.00109. The number of anilines is 1. The molecule has 17 nitrogen and oxygen atoms in total. The molecule has 0 fully saturated rings. The van der Waals surface area contributed by atoms with Crippen molar-refractivity contribution >= 4 is 76.5 Å². The van der Waals surface area contributed by atoms with Gasteiger partial charge in [-0.2, -0.15) is 29.8 Å². The van der Waals surface area contributed by atoms with Crippen molar-refractivity contribution in [1.82, 2.24) is 0 Å². The zero-order chi connectivity index (χ0) is 53.1. The van der Waals surface area contributed by atoms with Crippen LogP contribution in [-0.2, 0) is 46.0 Å². The largest absolute Gasteiger partial charge is 0.481 e. The van der Waals surface area contributed by atoms with E-state index in [1.165, 1.54) is 6.07 Å². The molecule has 4 N–H and O–H groups in total. The van der Waals surface area contributed by atoms with Gasteiger partial charge in [-0.3, -0.25) is 37.6 Å². The van der Waals surface area contributed by atoms with Crippen molar-refractivity contribution in [3.05, 3.63) is 93.7 Å². The number of ketones is 4. The number of allylic oxidation sites excluding steroid dienone is 6. The van der Waals surface area contributed by atoms with Crippen LogP contribution in [0.2, 0.25) is 0 Å². The van der Waals surface area contributed by atoms with Crippen LogP contribution in [0.3, 0.4) is 0 Å². The van der Waals surface area contributed by atoms with Gasteiger partial charge in [-0.1, -0.05) is 45.9 Å². The molecule has 2 aromatic carbocycles. The van der Waals surface area contributed by atoms with Crippen molar-refractivity contribution < 1.29 is 72.6 Å². The van der Waals surface area contributed by atoms with Gasteiger partial charge in [0.1, 0.15) is 6.54 Å². The number of nitrogens with zero attached hydrogens (tertiary/aromatic N) is 2. The Hall–Kier alpha value is -4.99. The van der Waals surface area contributed by atoms with Gasteiger partial charge in [-0.15, -0.1) is 0 Å². The van der Waals surface area contributed by atoms with Gasteiger partial charge in [-0.05, 0) is 95.1 Å². The lowest BCUT2D eigenvalue weighted by Gasteiger charge is -2.27. The molecule has 0 atom stereocenters. The Morgan fingerprint density at radius 1 is 0.577 bits per heavy atom. The third kappa shape index (κ3) is 16.0. The number of rotatable bonds is 30. The topological polar surface area (TPSA) is 275 Å². The second-order valence-corrected chi connectivity index (χ2v) is 24.0. The van der Waals surface area contributed by atoms with Crippen molar-refractivity contribution in [1.29, 1.82) is 0 Å². The summed E-state index contributed by atoms with van der Waals surface area (Å²) in [5, 5.41) is 9.28. The Morgan fingerprint density at radius 3 is 1.70 bits per heavy atom. The molecule has 2 heterocycles. The summed E-state index contributed by atoms with van der Waals surface area (Å²) < 4.78 is 99.6. The van der Waals surface area contributed by atoms with Crippen LogP contribution in [0, 0.1) is 0 Å². The molecule has 4 rings (SSSR count). The molecule has 0 spiro atoms. The number of hydrogen-bond donors (Lipinski definition) is 4. The molecule has 0 amide bonds. The van der Waals surface area contributed by atoms with E-state index in [9.17, 15) is 68.0 Å². The Morgan fingerprint density at radius 2 is 1.10 bits per heavy atom. The van der Waals surface area contributed by atoms with Gasteiger partial charge in [0.25, 0.3) is 30.4 Å². The lowest BCUT2D eigenvalue weighted by molar-refractivity contribution is -0.438. The Kier molecular flexibility index (Phi) is 20.3. The normalized spacial score (nSPS) is 16.1. The van der Waals surface area contributed by atoms with Crippen LogP contribution in [0.4, 0.5) is 11.4 Å². The van der Waals surface area contributed by atoms with E-state index in [4.69, 9.17) is 0 Å². The van der Waals surface area contributed by atoms with Crippen LogP contribution in [0.1, 0.15) is 184 Å². The summed E-state index contributed by atoms with van der Waals surface area (Å²) in [5.41, 5.74) is 3.21. The van der Waals surface area contributed by atoms with Crippen LogP contribution in [0.15, 0.2) is 60.3 Å². The predicted octanol–water partition coefficient (Wildman–Crippen LogP) is 8.84. The number of hydrogen-bond acceptors (Lipinski definition) is 12. The van der Waals surface area contributed by atoms with Gasteiger partial charge >= 0.3 is 5.97 Å². The lowest BCUT2D eigenvalue weighted by atomic mass is 9.77. The fraction of sp³-hybridized carbons (Fsp3) is 0.529. The van der Waals surface area contributed by atoms with E-state index in [-0.39, 0.29) is 87.0 Å². The summed E-state index contributed by atoms with van der Waals surface area (Å²) in [6.07, 6.45) is 11.7. The van der Waals surface area contributed by atoms with E-state index in [1.807, 2.05) is 63.2 Å². The highest BCUT2D eigenvalue weighted by molar-refractivity contribution is 7.86. The molecule has 2 aromatic rings. The maximum absolute atomic E-state index is 14.1. The second kappa shape index (κ2) is 24.6. The first kappa shape index (κ1) is 58.6. The van der Waals surface area contributed by atoms with Crippen LogP contribution in [0.5, 0.6) is 0 Å². The second-order valence-electron chi connectivity index (χ2n) is 19.2. The molecule has 2 aliphatic rings. The van der Waals surface area contributed by atoms with Crippen molar-refractivity contribution in [3.63, 3.8) is 0 Å². The first-order chi connectivity index (χ1) is 33.0. The number of carbonyl (C=O) groups excluding carboxylic acids is 4. The smallest absolute Gasteiger partial charge is 0.303 e. The van der Waals surface area contributed by atoms with E-state index in [1.54, 1.807) is 36.4 Å². The molecule has 71 heavy (non-hydrogen) atoms. The minimum Gasteiger partial charge on any atom is -0.481 e. The fourth-order valence-electron chi connectivity index (χ4n) is 9.51. The van der Waals surface area contributed by atoms with E-state index >= 15 is 0 Å². The summed E-state index contributed by atoms with van der Waals surface area (Å²) in [5.74, 6) is -3.77.